The van der Waals surface area contributed by atoms with Gasteiger partial charge in [0.05, 0.1) is 0 Å². The van der Waals surface area contributed by atoms with E-state index in [4.69, 9.17) is 23.2 Å². The summed E-state index contributed by atoms with van der Waals surface area (Å²) in [6.07, 6.45) is 7.04. The lowest BCUT2D eigenvalue weighted by molar-refractivity contribution is -0.127. The first-order valence-corrected chi connectivity index (χ1v) is 9.59. The lowest BCUT2D eigenvalue weighted by atomic mass is 9.96. The molecule has 0 saturated carbocycles. The molecule has 0 bridgehead atoms. The minimum absolute atomic E-state index is 0.00873. The van der Waals surface area contributed by atoms with Crippen molar-refractivity contribution in [3.05, 3.63) is 70.1 Å². The van der Waals surface area contributed by atoms with Gasteiger partial charge in [-0.1, -0.05) is 35.3 Å². The van der Waals surface area contributed by atoms with Gasteiger partial charge in [-0.25, -0.2) is 0 Å². The van der Waals surface area contributed by atoms with Gasteiger partial charge >= 0.3 is 0 Å². The maximum Gasteiger partial charge on any atom is 0.246 e. The molecule has 27 heavy (non-hydrogen) atoms. The van der Waals surface area contributed by atoms with Crippen LogP contribution in [0.2, 0.25) is 10.0 Å². The highest BCUT2D eigenvalue weighted by Crippen LogP contribution is 2.27. The molecule has 1 aliphatic rings. The molecule has 0 unspecified atom stereocenters. The van der Waals surface area contributed by atoms with Crippen molar-refractivity contribution in [1.29, 1.82) is 0 Å². The summed E-state index contributed by atoms with van der Waals surface area (Å²) in [4.78, 5) is 14.4. The predicted octanol–water partition coefficient (Wildman–Crippen LogP) is 4.46. The van der Waals surface area contributed by atoms with Gasteiger partial charge in [-0.05, 0) is 48.7 Å². The zero-order valence-electron chi connectivity index (χ0n) is 14.6. The number of fused-ring (bicyclic) bond motifs is 1. The molecule has 3 heterocycles. The Kier molecular flexibility index (Phi) is 5.14. The highest BCUT2D eigenvalue weighted by molar-refractivity contribution is 6.35. The van der Waals surface area contributed by atoms with Crippen molar-refractivity contribution in [2.45, 2.75) is 18.8 Å². The van der Waals surface area contributed by atoms with Gasteiger partial charge in [0.15, 0.2) is 5.65 Å². The number of pyridine rings is 1. The van der Waals surface area contributed by atoms with Crippen molar-refractivity contribution in [1.82, 2.24) is 19.5 Å². The number of carbonyl (C=O) groups is 1. The molecule has 0 radical (unpaired) electrons. The number of carbonyl (C=O) groups excluding carboxylic acids is 1. The lowest BCUT2D eigenvalue weighted by Gasteiger charge is -2.30. The van der Waals surface area contributed by atoms with Crippen LogP contribution >= 0.6 is 23.2 Å². The molecule has 1 saturated heterocycles. The molecule has 5 nitrogen and oxygen atoms in total. The van der Waals surface area contributed by atoms with Crippen LogP contribution < -0.4 is 0 Å². The standard InChI is InChI=1S/C20H18Cl2N4O/c21-16-6-4-14(17(22)13-16)5-7-19(27)25-11-8-15(9-12-25)20-24-23-18-3-1-2-10-26(18)20/h1-7,10,13,15H,8-9,11-12H2. The first-order chi connectivity index (χ1) is 13.1. The Morgan fingerprint density at radius 2 is 1.93 bits per heavy atom. The SMILES string of the molecule is O=C(C=Cc1ccc(Cl)cc1Cl)N1CCC(c2nnc3ccccn23)CC1. The lowest BCUT2D eigenvalue weighted by Crippen LogP contribution is -2.37. The Labute approximate surface area is 167 Å². The van der Waals surface area contributed by atoms with Crippen molar-refractivity contribution in [3.63, 3.8) is 0 Å². The van der Waals surface area contributed by atoms with Gasteiger partial charge in [-0.2, -0.15) is 0 Å². The zero-order chi connectivity index (χ0) is 18.8. The molecule has 4 rings (SSSR count). The zero-order valence-corrected chi connectivity index (χ0v) is 16.1. The highest BCUT2D eigenvalue weighted by atomic mass is 35.5. The number of nitrogens with zero attached hydrogens (tertiary/aromatic N) is 4. The van der Waals surface area contributed by atoms with E-state index < -0.39 is 0 Å². The second-order valence-corrected chi connectivity index (χ2v) is 7.43. The number of hydrogen-bond acceptors (Lipinski definition) is 3. The quantitative estimate of drug-likeness (QED) is 0.609. The Balaban J connectivity index is 1.40. The van der Waals surface area contributed by atoms with Crippen LogP contribution in [-0.4, -0.2) is 38.5 Å². The Morgan fingerprint density at radius 1 is 1.11 bits per heavy atom. The number of hydrogen-bond donors (Lipinski definition) is 0. The molecule has 2 aromatic heterocycles. The fourth-order valence-electron chi connectivity index (χ4n) is 3.40. The minimum atomic E-state index is -0.00873. The fourth-order valence-corrected chi connectivity index (χ4v) is 3.87. The normalized spacial score (nSPS) is 15.7. The summed E-state index contributed by atoms with van der Waals surface area (Å²) < 4.78 is 2.03. The van der Waals surface area contributed by atoms with Gasteiger partial charge in [0.2, 0.25) is 5.91 Å². The van der Waals surface area contributed by atoms with E-state index >= 15 is 0 Å². The van der Waals surface area contributed by atoms with Crippen molar-refractivity contribution in [3.8, 4) is 0 Å². The van der Waals surface area contributed by atoms with Crippen LogP contribution in [0.4, 0.5) is 0 Å². The molecule has 1 aliphatic heterocycles. The van der Waals surface area contributed by atoms with Crippen LogP contribution in [0.5, 0.6) is 0 Å². The maximum atomic E-state index is 12.5. The largest absolute Gasteiger partial charge is 0.339 e. The predicted molar refractivity (Wildman–Crippen MR) is 107 cm³/mol. The van der Waals surface area contributed by atoms with E-state index in [0.29, 0.717) is 29.1 Å². The topological polar surface area (TPSA) is 50.5 Å². The summed E-state index contributed by atoms with van der Waals surface area (Å²) in [5, 5.41) is 9.68. The summed E-state index contributed by atoms with van der Waals surface area (Å²) in [5.41, 5.74) is 1.63. The molecule has 0 spiro atoms. The first kappa shape index (κ1) is 18.0. The van der Waals surface area contributed by atoms with Gasteiger partial charge in [-0.3, -0.25) is 9.20 Å². The number of likely N-dealkylation sites (tertiary alicyclic amines) is 1. The van der Waals surface area contributed by atoms with E-state index in [1.807, 2.05) is 33.7 Å². The van der Waals surface area contributed by atoms with Gasteiger partial charge < -0.3 is 4.90 Å². The van der Waals surface area contributed by atoms with Crippen LogP contribution in [0.1, 0.15) is 30.1 Å². The Hall–Kier alpha value is -2.37. The summed E-state index contributed by atoms with van der Waals surface area (Å²) in [7, 11) is 0. The van der Waals surface area contributed by atoms with Crippen LogP contribution in [0.25, 0.3) is 11.7 Å². The van der Waals surface area contributed by atoms with E-state index in [2.05, 4.69) is 10.2 Å². The van der Waals surface area contributed by atoms with Crippen molar-refractivity contribution < 1.29 is 4.79 Å². The molecule has 0 atom stereocenters. The van der Waals surface area contributed by atoms with Gasteiger partial charge in [0.25, 0.3) is 0 Å². The van der Waals surface area contributed by atoms with E-state index in [-0.39, 0.29) is 5.91 Å². The van der Waals surface area contributed by atoms with Gasteiger partial charge in [0.1, 0.15) is 5.82 Å². The van der Waals surface area contributed by atoms with Crippen LogP contribution in [-0.2, 0) is 4.79 Å². The molecule has 0 aliphatic carbocycles. The molecular formula is C20H18Cl2N4O. The molecule has 3 aromatic rings. The average molecular weight is 401 g/mol. The number of piperidine rings is 1. The molecule has 1 fully saturated rings. The number of aromatic nitrogens is 3. The second kappa shape index (κ2) is 7.71. The maximum absolute atomic E-state index is 12.5. The van der Waals surface area contributed by atoms with Crippen molar-refractivity contribution in [2.75, 3.05) is 13.1 Å². The molecule has 138 valence electrons. The van der Waals surface area contributed by atoms with Gasteiger partial charge in [0, 0.05) is 41.3 Å². The van der Waals surface area contributed by atoms with E-state index in [9.17, 15) is 4.79 Å². The third kappa shape index (κ3) is 3.84. The molecule has 7 heteroatoms. The second-order valence-electron chi connectivity index (χ2n) is 6.59. The summed E-state index contributed by atoms with van der Waals surface area (Å²) in [6.45, 7) is 1.40. The molecule has 1 aromatic carbocycles. The first-order valence-electron chi connectivity index (χ1n) is 8.83. The summed E-state index contributed by atoms with van der Waals surface area (Å²) in [6, 6.07) is 11.1. The summed E-state index contributed by atoms with van der Waals surface area (Å²) in [5.74, 6) is 1.27. The minimum Gasteiger partial charge on any atom is -0.339 e. The van der Waals surface area contributed by atoms with Gasteiger partial charge in [-0.15, -0.1) is 10.2 Å². The van der Waals surface area contributed by atoms with Crippen LogP contribution in [0, 0.1) is 0 Å². The van der Waals surface area contributed by atoms with E-state index in [1.165, 1.54) is 0 Å². The summed E-state index contributed by atoms with van der Waals surface area (Å²) >= 11 is 12.0. The van der Waals surface area contributed by atoms with Crippen molar-refractivity contribution in [2.24, 2.45) is 0 Å². The fraction of sp³-hybridized carbons (Fsp3) is 0.250. The number of halogens is 2. The molecule has 1 amide bonds. The smallest absolute Gasteiger partial charge is 0.246 e. The van der Waals surface area contributed by atoms with Crippen LogP contribution in [0.3, 0.4) is 0 Å². The highest BCUT2D eigenvalue weighted by Gasteiger charge is 2.26. The Bertz CT molecular complexity index is 1010. The van der Waals surface area contributed by atoms with E-state index in [0.717, 1.165) is 29.9 Å². The number of benzene rings is 1. The third-order valence-electron chi connectivity index (χ3n) is 4.88. The molecular weight excluding hydrogens is 383 g/mol. The average Bonchev–Trinajstić information content (AvgIpc) is 3.11. The number of rotatable bonds is 3. The Morgan fingerprint density at radius 3 is 2.70 bits per heavy atom. The van der Waals surface area contributed by atoms with Crippen LogP contribution in [0.15, 0.2) is 48.7 Å². The number of amides is 1. The van der Waals surface area contributed by atoms with Crippen molar-refractivity contribution >= 4 is 40.8 Å². The third-order valence-corrected chi connectivity index (χ3v) is 5.44. The molecule has 0 N–H and O–H groups in total. The monoisotopic (exact) mass is 400 g/mol. The van der Waals surface area contributed by atoms with E-state index in [1.54, 1.807) is 30.4 Å².